The molecule has 0 N–H and O–H groups in total. The van der Waals surface area contributed by atoms with Crippen LogP contribution in [0.15, 0.2) is 60.2 Å². The van der Waals surface area contributed by atoms with Crippen LogP contribution in [0, 0.1) is 35.2 Å². The summed E-state index contributed by atoms with van der Waals surface area (Å²) in [5.41, 5.74) is 5.39. The SMILES string of the molecule is CC(C)(C)c1ccc2c(c1)[cH-]c1cc(C(C)(C)C)ccc12.CC1[C-]=C(C23CC4CC(CC(C4)C2)C3)C=C1.C[C](C)=[Zr+2].[Cl-].[Cl-]. The molecule has 0 spiro atoms. The molecule has 0 aliphatic heterocycles. The minimum absolute atomic E-state index is 0. The van der Waals surface area contributed by atoms with E-state index in [1.165, 1.54) is 55.1 Å². The molecule has 1 atom stereocenters. The van der Waals surface area contributed by atoms with Gasteiger partial charge in [-0.15, -0.1) is 39.7 Å². The second kappa shape index (κ2) is 13.9. The van der Waals surface area contributed by atoms with Crippen molar-refractivity contribution in [3.63, 3.8) is 0 Å². The van der Waals surface area contributed by atoms with Crippen LogP contribution >= 0.6 is 0 Å². The van der Waals surface area contributed by atoms with Crippen LogP contribution in [-0.4, -0.2) is 3.21 Å². The Morgan fingerprint density at radius 1 is 0.767 bits per heavy atom. The van der Waals surface area contributed by atoms with Gasteiger partial charge >= 0.3 is 41.3 Å². The van der Waals surface area contributed by atoms with Crippen molar-refractivity contribution >= 4 is 24.8 Å². The van der Waals surface area contributed by atoms with Gasteiger partial charge in [0.05, 0.1) is 0 Å². The van der Waals surface area contributed by atoms with Crippen LogP contribution in [0.5, 0.6) is 0 Å². The Hall–Kier alpha value is -0.877. The fourth-order valence-electron chi connectivity index (χ4n) is 8.31. The summed E-state index contributed by atoms with van der Waals surface area (Å²) in [5, 5.41) is 5.48. The van der Waals surface area contributed by atoms with E-state index in [2.05, 4.69) is 123 Å². The summed E-state index contributed by atoms with van der Waals surface area (Å²) in [7, 11) is 0. The standard InChI is InChI=1S/C21H25.C16H21.C3H6.2ClH.Zr/c1-20(2,3)16-7-9-18-14(12-16)11-15-13-17(21(4,5)6)8-10-19(15)18;1-11-2-3-15(4-11)16-8-12-5-13(9-16)7-14(6-12)10-16;1-3-2;;;/h7-13H,1-6H3;2-3,11-14H,5-10H2,1H3;1-2H3;2*1H;/q2*-1;;;;+2/p-2. The van der Waals surface area contributed by atoms with E-state index < -0.39 is 0 Å². The first kappa shape index (κ1) is 36.6. The molecule has 1 unspecified atom stereocenters. The number of fused-ring (bicyclic) bond motifs is 3. The third-order valence-electron chi connectivity index (χ3n) is 9.98. The average Bonchev–Trinajstić information content (AvgIpc) is 3.45. The monoisotopic (exact) mass is 692 g/mol. The van der Waals surface area contributed by atoms with Gasteiger partial charge in [0, 0.05) is 0 Å². The Labute approximate surface area is 290 Å². The first-order valence-electron chi connectivity index (χ1n) is 16.1. The Morgan fingerprint density at radius 2 is 1.16 bits per heavy atom. The summed E-state index contributed by atoms with van der Waals surface area (Å²) in [6.07, 6.45) is 17.6. The fraction of sp³-hybridized carbons (Fsp3) is 0.550. The van der Waals surface area contributed by atoms with Gasteiger partial charge < -0.3 is 24.8 Å². The molecule has 4 saturated carbocycles. The van der Waals surface area contributed by atoms with E-state index in [4.69, 9.17) is 0 Å². The number of rotatable bonds is 1. The number of halogens is 2. The number of allylic oxidation sites excluding steroid dienone is 4. The Kier molecular flexibility index (Phi) is 11.8. The minimum Gasteiger partial charge on any atom is -1.00 e. The molecule has 5 aliphatic carbocycles. The van der Waals surface area contributed by atoms with Gasteiger partial charge in [-0.05, 0) is 72.5 Å². The van der Waals surface area contributed by atoms with Crippen molar-refractivity contribution in [2.24, 2.45) is 29.1 Å². The number of benzene rings is 2. The van der Waals surface area contributed by atoms with E-state index in [9.17, 15) is 0 Å². The van der Waals surface area contributed by atoms with Crippen LogP contribution in [-0.2, 0) is 35.1 Å². The van der Waals surface area contributed by atoms with Crippen LogP contribution in [0.2, 0.25) is 0 Å². The zero-order valence-electron chi connectivity index (χ0n) is 28.0. The van der Waals surface area contributed by atoms with Crippen LogP contribution < -0.4 is 24.8 Å². The normalized spacial score (nSPS) is 27.0. The predicted molar refractivity (Wildman–Crippen MR) is 176 cm³/mol. The number of hydrogen-bond donors (Lipinski definition) is 0. The number of hydrogen-bond acceptors (Lipinski definition) is 0. The van der Waals surface area contributed by atoms with Crippen molar-refractivity contribution in [2.45, 2.75) is 112 Å². The van der Waals surface area contributed by atoms with Gasteiger partial charge in [0.15, 0.2) is 0 Å². The van der Waals surface area contributed by atoms with Crippen LogP contribution in [0.4, 0.5) is 0 Å². The summed E-state index contributed by atoms with van der Waals surface area (Å²) >= 11 is 1.55. The van der Waals surface area contributed by atoms with Crippen molar-refractivity contribution in [2.75, 3.05) is 0 Å². The summed E-state index contributed by atoms with van der Waals surface area (Å²) < 4.78 is 1.51. The Bertz CT molecular complexity index is 1380. The van der Waals surface area contributed by atoms with E-state index in [-0.39, 0.29) is 35.6 Å². The van der Waals surface area contributed by atoms with Gasteiger partial charge in [-0.3, -0.25) is 6.08 Å². The molecule has 0 nitrogen and oxygen atoms in total. The summed E-state index contributed by atoms with van der Waals surface area (Å²) in [5.74, 6) is 3.75. The smallest absolute Gasteiger partial charge is 1.00 e. The quantitative estimate of drug-likeness (QED) is 0.308. The molecule has 0 amide bonds. The molecule has 4 bridgehead atoms. The first-order valence-corrected chi connectivity index (χ1v) is 17.3. The second-order valence-electron chi connectivity index (χ2n) is 16.2. The summed E-state index contributed by atoms with van der Waals surface area (Å²) in [6.45, 7) is 20.1. The van der Waals surface area contributed by atoms with E-state index in [0.717, 1.165) is 17.8 Å². The summed E-state index contributed by atoms with van der Waals surface area (Å²) in [6, 6.07) is 16.2. The molecule has 3 heteroatoms. The molecule has 0 aromatic heterocycles. The Morgan fingerprint density at radius 3 is 1.49 bits per heavy atom. The van der Waals surface area contributed by atoms with Crippen molar-refractivity contribution in [3.05, 3.63) is 77.4 Å². The van der Waals surface area contributed by atoms with Crippen molar-refractivity contribution in [1.29, 1.82) is 0 Å². The van der Waals surface area contributed by atoms with Crippen LogP contribution in [0.25, 0.3) is 21.5 Å². The second-order valence-corrected chi connectivity index (χ2v) is 18.6. The van der Waals surface area contributed by atoms with Gasteiger partial charge in [0.25, 0.3) is 0 Å². The van der Waals surface area contributed by atoms with Crippen LogP contribution in [0.3, 0.4) is 0 Å². The minimum atomic E-state index is 0. The van der Waals surface area contributed by atoms with Gasteiger partial charge in [-0.2, -0.15) is 6.08 Å². The first-order chi connectivity index (χ1) is 19.1. The molecule has 5 aliphatic rings. The molecule has 232 valence electrons. The topological polar surface area (TPSA) is 0 Å². The molecule has 8 rings (SSSR count). The van der Waals surface area contributed by atoms with E-state index in [1.54, 1.807) is 49.1 Å². The largest absolute Gasteiger partial charge is 1.00 e. The summed E-state index contributed by atoms with van der Waals surface area (Å²) in [4.78, 5) is 0. The van der Waals surface area contributed by atoms with E-state index in [0.29, 0.717) is 11.3 Å². The molecular formula is C40H52Cl2Zr-2. The molecule has 3 aromatic carbocycles. The zero-order valence-corrected chi connectivity index (χ0v) is 32.0. The third kappa shape index (κ3) is 8.29. The van der Waals surface area contributed by atoms with Crippen LogP contribution in [0.1, 0.15) is 112 Å². The maximum absolute atomic E-state index is 3.72. The zero-order chi connectivity index (χ0) is 29.7. The van der Waals surface area contributed by atoms with E-state index in [1.807, 2.05) is 0 Å². The maximum Gasteiger partial charge on any atom is -1.00 e. The third-order valence-corrected chi connectivity index (χ3v) is 9.98. The molecule has 4 fully saturated rings. The molecule has 0 heterocycles. The predicted octanol–water partition coefficient (Wildman–Crippen LogP) is 5.20. The van der Waals surface area contributed by atoms with Gasteiger partial charge in [0.2, 0.25) is 0 Å². The molecular weight excluding hydrogens is 643 g/mol. The van der Waals surface area contributed by atoms with Crippen molar-refractivity contribution < 1.29 is 49.0 Å². The van der Waals surface area contributed by atoms with Crippen molar-refractivity contribution in [3.8, 4) is 0 Å². The fourth-order valence-corrected chi connectivity index (χ4v) is 8.31. The molecule has 0 saturated heterocycles. The Balaban J connectivity index is 0.000000205. The average molecular weight is 695 g/mol. The van der Waals surface area contributed by atoms with Crippen molar-refractivity contribution in [1.82, 2.24) is 0 Å². The molecule has 3 aromatic rings. The maximum atomic E-state index is 3.72. The van der Waals surface area contributed by atoms with E-state index >= 15 is 0 Å². The molecule has 43 heavy (non-hydrogen) atoms. The molecule has 0 radical (unpaired) electrons. The van der Waals surface area contributed by atoms with Gasteiger partial charge in [-0.1, -0.05) is 89.8 Å². The van der Waals surface area contributed by atoms with Gasteiger partial charge in [-0.25, -0.2) is 11.6 Å². The van der Waals surface area contributed by atoms with Gasteiger partial charge in [0.1, 0.15) is 0 Å².